The van der Waals surface area contributed by atoms with Crippen LogP contribution in [0.5, 0.6) is 0 Å². The third-order valence-corrected chi connectivity index (χ3v) is 7.57. The lowest BCUT2D eigenvalue weighted by Crippen LogP contribution is -2.50. The van der Waals surface area contributed by atoms with Gasteiger partial charge >= 0.3 is 0 Å². The van der Waals surface area contributed by atoms with Crippen molar-refractivity contribution in [2.24, 2.45) is 5.92 Å². The first-order valence-corrected chi connectivity index (χ1v) is 12.6. The molecule has 2 aromatic heterocycles. The molecule has 32 heavy (non-hydrogen) atoms. The highest BCUT2D eigenvalue weighted by molar-refractivity contribution is 5.58. The zero-order chi connectivity index (χ0) is 22.0. The van der Waals surface area contributed by atoms with E-state index in [1.165, 1.54) is 80.9 Å². The van der Waals surface area contributed by atoms with Crippen LogP contribution in [0, 0.1) is 5.92 Å². The Morgan fingerprint density at radius 1 is 1.19 bits per heavy atom. The van der Waals surface area contributed by atoms with Gasteiger partial charge in [-0.3, -0.25) is 9.88 Å². The summed E-state index contributed by atoms with van der Waals surface area (Å²) in [6.07, 6.45) is 14.0. The topological polar surface area (TPSA) is 60.1 Å². The van der Waals surface area contributed by atoms with Crippen molar-refractivity contribution in [3.63, 3.8) is 0 Å². The summed E-state index contributed by atoms with van der Waals surface area (Å²) in [7, 11) is 2.22. The van der Waals surface area contributed by atoms with E-state index in [2.05, 4.69) is 57.3 Å². The van der Waals surface area contributed by atoms with Crippen molar-refractivity contribution in [1.29, 1.82) is 0 Å². The van der Waals surface area contributed by atoms with Crippen molar-refractivity contribution in [1.82, 2.24) is 30.1 Å². The lowest BCUT2D eigenvalue weighted by atomic mass is 9.96. The van der Waals surface area contributed by atoms with Crippen molar-refractivity contribution in [3.8, 4) is 0 Å². The van der Waals surface area contributed by atoms with Gasteiger partial charge in [0, 0.05) is 44.0 Å². The predicted octanol–water partition coefficient (Wildman–Crippen LogP) is 3.36. The van der Waals surface area contributed by atoms with Gasteiger partial charge in [0.15, 0.2) is 0 Å². The molecule has 2 unspecified atom stereocenters. The predicted molar refractivity (Wildman–Crippen MR) is 129 cm³/mol. The van der Waals surface area contributed by atoms with E-state index in [1.807, 2.05) is 12.3 Å². The molecular weight excluding hydrogens is 396 g/mol. The first-order chi connectivity index (χ1) is 15.7. The van der Waals surface area contributed by atoms with E-state index >= 15 is 0 Å². The molecule has 2 atom stereocenters. The number of nitrogens with one attached hydrogen (secondary N) is 2. The minimum absolute atomic E-state index is 0.224. The number of rotatable bonds is 5. The van der Waals surface area contributed by atoms with Crippen LogP contribution in [-0.4, -0.2) is 64.5 Å². The maximum absolute atomic E-state index is 4.81. The molecule has 1 saturated heterocycles. The number of pyridine rings is 1. The fourth-order valence-electron chi connectivity index (χ4n) is 5.61. The highest BCUT2D eigenvalue weighted by Gasteiger charge is 2.61. The summed E-state index contributed by atoms with van der Waals surface area (Å²) in [5, 5.41) is 3.45. The summed E-state index contributed by atoms with van der Waals surface area (Å²) in [5.41, 5.74) is 5.56. The van der Waals surface area contributed by atoms with Gasteiger partial charge in [-0.2, -0.15) is 0 Å². The molecule has 2 fully saturated rings. The molecule has 0 spiro atoms. The van der Waals surface area contributed by atoms with Crippen LogP contribution in [0.3, 0.4) is 0 Å². The number of fused-ring (bicyclic) bond motifs is 4. The summed E-state index contributed by atoms with van der Waals surface area (Å²) in [6.45, 7) is 8.77. The molecule has 0 radical (unpaired) electrons. The van der Waals surface area contributed by atoms with E-state index in [1.54, 1.807) is 0 Å². The molecule has 3 heterocycles. The molecule has 0 amide bonds. The summed E-state index contributed by atoms with van der Waals surface area (Å²) in [5.74, 6) is 1.77. The van der Waals surface area contributed by atoms with E-state index < -0.39 is 0 Å². The van der Waals surface area contributed by atoms with Gasteiger partial charge in [-0.25, -0.2) is 4.98 Å². The number of H-pyrrole nitrogens is 1. The molecule has 1 aliphatic heterocycles. The Morgan fingerprint density at radius 3 is 2.84 bits per heavy atom. The van der Waals surface area contributed by atoms with Gasteiger partial charge in [0.1, 0.15) is 5.82 Å². The third-order valence-electron chi connectivity index (χ3n) is 7.57. The van der Waals surface area contributed by atoms with Crippen molar-refractivity contribution < 1.29 is 0 Å². The number of aromatic nitrogens is 3. The molecule has 2 aromatic rings. The van der Waals surface area contributed by atoms with Gasteiger partial charge in [-0.1, -0.05) is 19.1 Å². The fourth-order valence-corrected chi connectivity index (χ4v) is 5.61. The Bertz CT molecular complexity index is 917. The zero-order valence-electron chi connectivity index (χ0n) is 19.7. The Morgan fingerprint density at radius 2 is 2.03 bits per heavy atom. The molecule has 172 valence electrons. The van der Waals surface area contributed by atoms with Crippen molar-refractivity contribution >= 4 is 6.08 Å². The van der Waals surface area contributed by atoms with E-state index in [9.17, 15) is 0 Å². The average molecular weight is 435 g/mol. The van der Waals surface area contributed by atoms with Gasteiger partial charge < -0.3 is 15.2 Å². The van der Waals surface area contributed by atoms with Crippen LogP contribution < -0.4 is 5.32 Å². The Kier molecular flexibility index (Phi) is 6.44. The first-order valence-electron chi connectivity index (χ1n) is 12.6. The molecule has 2 N–H and O–H groups in total. The smallest absolute Gasteiger partial charge is 0.121 e. The number of hydrogen-bond donors (Lipinski definition) is 2. The average Bonchev–Trinajstić information content (AvgIpc) is 3.44. The van der Waals surface area contributed by atoms with Crippen LogP contribution in [0.25, 0.3) is 6.08 Å². The maximum Gasteiger partial charge on any atom is 0.121 e. The lowest BCUT2D eigenvalue weighted by Gasteiger charge is -2.39. The first kappa shape index (κ1) is 21.8. The molecule has 3 aliphatic carbocycles. The minimum atomic E-state index is 0.224. The van der Waals surface area contributed by atoms with Crippen LogP contribution >= 0.6 is 0 Å². The van der Waals surface area contributed by atoms with Crippen LogP contribution in [0.4, 0.5) is 0 Å². The Labute approximate surface area is 192 Å². The van der Waals surface area contributed by atoms with E-state index in [-0.39, 0.29) is 5.54 Å². The number of piperazine rings is 1. The standard InChI is InChI=1S/C17H27N5.C9H11N/c1-3-6-18-12-15-19-14-5-4-13-11-17(13,16(14)20-15)22-9-7-21(2)8-10-22;1-2-6-9-8(4-1)5-3-7-10-9/h4-5,13,18H,3,6-12H2,1-2H3,(H,19,20);3,5,7H,1-2,4,6H2. The number of nitrogens with zero attached hydrogens (tertiary/aromatic N) is 4. The summed E-state index contributed by atoms with van der Waals surface area (Å²) in [6, 6.07) is 4.23. The number of likely N-dealkylation sites (N-methyl/N-ethyl adjacent to an activating group) is 1. The molecule has 6 rings (SSSR count). The second-order valence-electron chi connectivity index (χ2n) is 9.82. The normalized spacial score (nSPS) is 26.5. The SMILES string of the molecule is CCCNCc1nc2c([nH]1)C1(N3CCN(C)CC3)CC1C=C2.c1cnc2c(c1)CCCC2. The third kappa shape index (κ3) is 4.28. The van der Waals surface area contributed by atoms with Crippen molar-refractivity contribution in [2.75, 3.05) is 39.8 Å². The number of imidazole rings is 1. The molecule has 0 aromatic carbocycles. The second kappa shape index (κ2) is 9.46. The van der Waals surface area contributed by atoms with E-state index in [4.69, 9.17) is 4.98 Å². The largest absolute Gasteiger partial charge is 0.343 e. The monoisotopic (exact) mass is 434 g/mol. The van der Waals surface area contributed by atoms with Gasteiger partial charge in [0.05, 0.1) is 23.5 Å². The molecule has 4 aliphatic rings. The van der Waals surface area contributed by atoms with Gasteiger partial charge in [-0.15, -0.1) is 0 Å². The summed E-state index contributed by atoms with van der Waals surface area (Å²) in [4.78, 5) is 17.9. The van der Waals surface area contributed by atoms with Gasteiger partial charge in [0.25, 0.3) is 0 Å². The second-order valence-corrected chi connectivity index (χ2v) is 9.82. The number of aromatic amines is 1. The minimum Gasteiger partial charge on any atom is -0.343 e. The zero-order valence-corrected chi connectivity index (χ0v) is 19.7. The molecule has 0 bridgehead atoms. The number of aryl methyl sites for hydroxylation is 2. The summed E-state index contributed by atoms with van der Waals surface area (Å²) < 4.78 is 0. The van der Waals surface area contributed by atoms with E-state index in [0.717, 1.165) is 25.3 Å². The maximum atomic E-state index is 4.81. The van der Waals surface area contributed by atoms with Crippen molar-refractivity contribution in [3.05, 3.63) is 52.9 Å². The lowest BCUT2D eigenvalue weighted by molar-refractivity contribution is 0.0895. The van der Waals surface area contributed by atoms with Gasteiger partial charge in [0.2, 0.25) is 0 Å². The highest BCUT2D eigenvalue weighted by atomic mass is 15.3. The van der Waals surface area contributed by atoms with E-state index in [0.29, 0.717) is 5.92 Å². The Hall–Kier alpha value is -2.02. The van der Waals surface area contributed by atoms with Crippen molar-refractivity contribution in [2.45, 2.75) is 57.5 Å². The fraction of sp³-hybridized carbons (Fsp3) is 0.615. The van der Waals surface area contributed by atoms with Crippen LogP contribution in [0.2, 0.25) is 0 Å². The van der Waals surface area contributed by atoms with Crippen LogP contribution in [-0.2, 0) is 24.9 Å². The van der Waals surface area contributed by atoms with Crippen LogP contribution in [0.15, 0.2) is 24.4 Å². The highest BCUT2D eigenvalue weighted by Crippen LogP contribution is 2.60. The molecule has 6 nitrogen and oxygen atoms in total. The quantitative estimate of drug-likeness (QED) is 0.707. The van der Waals surface area contributed by atoms with Gasteiger partial charge in [-0.05, 0) is 69.8 Å². The molecule has 1 saturated carbocycles. The van der Waals surface area contributed by atoms with Crippen LogP contribution in [0.1, 0.15) is 61.1 Å². The molecular formula is C26H38N6. The summed E-state index contributed by atoms with van der Waals surface area (Å²) >= 11 is 0. The number of hydrogen-bond acceptors (Lipinski definition) is 5. The Balaban J connectivity index is 0.000000180. The molecule has 6 heteroatoms.